The van der Waals surface area contributed by atoms with E-state index in [2.05, 4.69) is 25.7 Å². The minimum absolute atomic E-state index is 0.253. The molecule has 1 aromatic rings. The number of hydrogen-bond acceptors (Lipinski definition) is 3. The second-order valence-electron chi connectivity index (χ2n) is 7.73. The standard InChI is InChI=1S/C19H31N3O/c1-19(2,3)10-11-21-12-14-22(15-13-21)18(23)9-8-16-6-4-5-7-17(16)20/h4-7H,8-15,20H2,1-3H3. The highest BCUT2D eigenvalue weighted by molar-refractivity contribution is 5.76. The van der Waals surface area contributed by atoms with Crippen LogP contribution in [0.4, 0.5) is 5.69 Å². The van der Waals surface area contributed by atoms with Gasteiger partial charge in [0.1, 0.15) is 0 Å². The summed E-state index contributed by atoms with van der Waals surface area (Å²) in [5.74, 6) is 0.253. The van der Waals surface area contributed by atoms with Crippen molar-refractivity contribution in [1.29, 1.82) is 0 Å². The number of rotatable bonds is 5. The molecule has 2 rings (SSSR count). The molecular formula is C19H31N3O. The van der Waals surface area contributed by atoms with Crippen LogP contribution >= 0.6 is 0 Å². The van der Waals surface area contributed by atoms with Gasteiger partial charge < -0.3 is 10.6 Å². The number of nitrogen functional groups attached to an aromatic ring is 1. The Labute approximate surface area is 140 Å². The van der Waals surface area contributed by atoms with Crippen LogP contribution in [0.2, 0.25) is 0 Å². The number of anilines is 1. The lowest BCUT2D eigenvalue weighted by molar-refractivity contribution is -0.132. The SMILES string of the molecule is CC(C)(C)CCN1CCN(C(=O)CCc2ccccc2N)CC1. The molecule has 0 saturated carbocycles. The largest absolute Gasteiger partial charge is 0.399 e. The highest BCUT2D eigenvalue weighted by atomic mass is 16.2. The van der Waals surface area contributed by atoms with Crippen molar-refractivity contribution < 1.29 is 4.79 Å². The van der Waals surface area contributed by atoms with Crippen LogP contribution < -0.4 is 5.73 Å². The summed E-state index contributed by atoms with van der Waals surface area (Å²) in [6.45, 7) is 11.7. The van der Waals surface area contributed by atoms with Crippen molar-refractivity contribution in [3.63, 3.8) is 0 Å². The van der Waals surface area contributed by atoms with Crippen molar-refractivity contribution >= 4 is 11.6 Å². The van der Waals surface area contributed by atoms with Crippen molar-refractivity contribution in [2.45, 2.75) is 40.0 Å². The zero-order chi connectivity index (χ0) is 16.9. The van der Waals surface area contributed by atoms with E-state index in [1.54, 1.807) is 0 Å². The van der Waals surface area contributed by atoms with Gasteiger partial charge in [-0.05, 0) is 36.4 Å². The van der Waals surface area contributed by atoms with Crippen molar-refractivity contribution in [1.82, 2.24) is 9.80 Å². The van der Waals surface area contributed by atoms with E-state index >= 15 is 0 Å². The van der Waals surface area contributed by atoms with Crippen LogP contribution in [0.3, 0.4) is 0 Å². The molecule has 1 aromatic carbocycles. The third kappa shape index (κ3) is 5.87. The Morgan fingerprint density at radius 3 is 2.39 bits per heavy atom. The molecule has 4 nitrogen and oxygen atoms in total. The Bertz CT molecular complexity index is 514. The lowest BCUT2D eigenvalue weighted by atomic mass is 9.92. The number of nitrogens with two attached hydrogens (primary N) is 1. The summed E-state index contributed by atoms with van der Waals surface area (Å²) >= 11 is 0. The van der Waals surface area contributed by atoms with E-state index in [1.807, 2.05) is 29.2 Å². The highest BCUT2D eigenvalue weighted by Crippen LogP contribution is 2.19. The predicted octanol–water partition coefficient (Wildman–Crippen LogP) is 2.78. The average molecular weight is 317 g/mol. The minimum Gasteiger partial charge on any atom is -0.399 e. The summed E-state index contributed by atoms with van der Waals surface area (Å²) in [5.41, 5.74) is 8.18. The summed E-state index contributed by atoms with van der Waals surface area (Å²) in [6.07, 6.45) is 2.49. The Kier molecular flexibility index (Phi) is 6.05. The average Bonchev–Trinajstić information content (AvgIpc) is 2.52. The number of aryl methyl sites for hydroxylation is 1. The van der Waals surface area contributed by atoms with E-state index in [9.17, 15) is 4.79 Å². The molecule has 0 aromatic heterocycles. The monoisotopic (exact) mass is 317 g/mol. The van der Waals surface area contributed by atoms with E-state index < -0.39 is 0 Å². The number of piperazine rings is 1. The highest BCUT2D eigenvalue weighted by Gasteiger charge is 2.22. The Hall–Kier alpha value is -1.55. The van der Waals surface area contributed by atoms with Crippen LogP contribution in [0.5, 0.6) is 0 Å². The summed E-state index contributed by atoms with van der Waals surface area (Å²) < 4.78 is 0. The van der Waals surface area contributed by atoms with Crippen molar-refractivity contribution in [3.8, 4) is 0 Å². The molecule has 1 aliphatic heterocycles. The minimum atomic E-state index is 0.253. The fourth-order valence-corrected chi connectivity index (χ4v) is 2.88. The molecule has 23 heavy (non-hydrogen) atoms. The summed E-state index contributed by atoms with van der Waals surface area (Å²) in [7, 11) is 0. The van der Waals surface area contributed by atoms with Crippen molar-refractivity contribution in [3.05, 3.63) is 29.8 Å². The first-order chi connectivity index (χ1) is 10.8. The first-order valence-corrected chi connectivity index (χ1v) is 8.69. The fraction of sp³-hybridized carbons (Fsp3) is 0.632. The Balaban J connectivity index is 1.72. The van der Waals surface area contributed by atoms with Gasteiger partial charge in [0.05, 0.1) is 0 Å². The molecule has 0 unspecified atom stereocenters. The molecule has 1 aliphatic rings. The zero-order valence-corrected chi connectivity index (χ0v) is 14.8. The quantitative estimate of drug-likeness (QED) is 0.850. The topological polar surface area (TPSA) is 49.6 Å². The second kappa shape index (κ2) is 7.82. The maximum absolute atomic E-state index is 12.4. The van der Waals surface area contributed by atoms with Crippen molar-refractivity contribution in [2.75, 3.05) is 38.5 Å². The molecule has 1 heterocycles. The number of carbonyl (C=O) groups excluding carboxylic acids is 1. The van der Waals surface area contributed by atoms with E-state index in [-0.39, 0.29) is 5.91 Å². The lowest BCUT2D eigenvalue weighted by Gasteiger charge is -2.36. The predicted molar refractivity (Wildman–Crippen MR) is 96.3 cm³/mol. The van der Waals surface area contributed by atoms with Gasteiger partial charge in [-0.25, -0.2) is 0 Å². The molecule has 0 aliphatic carbocycles. The number of benzene rings is 1. The van der Waals surface area contributed by atoms with Gasteiger partial charge in [-0.1, -0.05) is 39.0 Å². The van der Waals surface area contributed by atoms with Crippen LogP contribution in [0.1, 0.15) is 39.2 Å². The van der Waals surface area contributed by atoms with Crippen LogP contribution in [-0.2, 0) is 11.2 Å². The number of carbonyl (C=O) groups is 1. The van der Waals surface area contributed by atoms with E-state index in [1.165, 1.54) is 6.42 Å². The molecule has 1 amide bonds. The smallest absolute Gasteiger partial charge is 0.222 e. The first-order valence-electron chi connectivity index (χ1n) is 8.69. The Morgan fingerprint density at radius 1 is 1.13 bits per heavy atom. The molecule has 2 N–H and O–H groups in total. The van der Waals surface area contributed by atoms with Crippen LogP contribution in [0.25, 0.3) is 0 Å². The molecule has 0 radical (unpaired) electrons. The summed E-state index contributed by atoms with van der Waals surface area (Å²) in [5, 5.41) is 0. The van der Waals surface area contributed by atoms with Crippen LogP contribution in [-0.4, -0.2) is 48.4 Å². The third-order valence-corrected chi connectivity index (χ3v) is 4.57. The molecular weight excluding hydrogens is 286 g/mol. The third-order valence-electron chi connectivity index (χ3n) is 4.57. The number of amides is 1. The normalized spacial score (nSPS) is 16.6. The first kappa shape index (κ1) is 17.8. The number of nitrogens with zero attached hydrogens (tertiary/aromatic N) is 2. The van der Waals surface area contributed by atoms with Gasteiger partial charge in [-0.15, -0.1) is 0 Å². The number of para-hydroxylation sites is 1. The van der Waals surface area contributed by atoms with E-state index in [0.717, 1.165) is 50.4 Å². The maximum atomic E-state index is 12.4. The van der Waals surface area contributed by atoms with Crippen LogP contribution in [0.15, 0.2) is 24.3 Å². The van der Waals surface area contributed by atoms with Gasteiger partial charge in [-0.2, -0.15) is 0 Å². The van der Waals surface area contributed by atoms with Gasteiger partial charge in [0, 0.05) is 38.3 Å². The molecule has 128 valence electrons. The van der Waals surface area contributed by atoms with Gasteiger partial charge in [0.2, 0.25) is 5.91 Å². The molecule has 0 spiro atoms. The molecule has 0 bridgehead atoms. The van der Waals surface area contributed by atoms with Gasteiger partial charge >= 0.3 is 0 Å². The molecule has 1 saturated heterocycles. The maximum Gasteiger partial charge on any atom is 0.222 e. The van der Waals surface area contributed by atoms with Crippen LogP contribution in [0, 0.1) is 5.41 Å². The molecule has 1 fully saturated rings. The number of hydrogen-bond donors (Lipinski definition) is 1. The van der Waals surface area contributed by atoms with E-state index in [4.69, 9.17) is 5.73 Å². The fourth-order valence-electron chi connectivity index (χ4n) is 2.88. The lowest BCUT2D eigenvalue weighted by Crippen LogP contribution is -2.49. The van der Waals surface area contributed by atoms with Gasteiger partial charge in [-0.3, -0.25) is 9.69 Å². The van der Waals surface area contributed by atoms with Crippen molar-refractivity contribution in [2.24, 2.45) is 5.41 Å². The van der Waals surface area contributed by atoms with Gasteiger partial charge in [0.25, 0.3) is 0 Å². The summed E-state index contributed by atoms with van der Waals surface area (Å²) in [4.78, 5) is 16.9. The van der Waals surface area contributed by atoms with E-state index in [0.29, 0.717) is 11.8 Å². The molecule has 4 heteroatoms. The summed E-state index contributed by atoms with van der Waals surface area (Å²) in [6, 6.07) is 7.81. The second-order valence-corrected chi connectivity index (χ2v) is 7.73. The Morgan fingerprint density at radius 2 is 1.78 bits per heavy atom. The van der Waals surface area contributed by atoms with Gasteiger partial charge in [0.15, 0.2) is 0 Å². The molecule has 0 atom stereocenters. The zero-order valence-electron chi connectivity index (χ0n) is 14.8.